The zero-order valence-corrected chi connectivity index (χ0v) is 7.66. The molecule has 0 fully saturated rings. The van der Waals surface area contributed by atoms with Gasteiger partial charge < -0.3 is 0 Å². The van der Waals surface area contributed by atoms with Gasteiger partial charge in [0, 0.05) is 0 Å². The Kier molecular flexibility index (Phi) is 5.19. The molecule has 74 valence electrons. The van der Waals surface area contributed by atoms with E-state index in [2.05, 4.69) is 11.7 Å². The average Bonchev–Trinajstić information content (AvgIpc) is 2.22. The van der Waals surface area contributed by atoms with Crippen LogP contribution in [-0.4, -0.2) is 8.42 Å². The van der Waals surface area contributed by atoms with Crippen LogP contribution in [0.25, 0.3) is 0 Å². The Morgan fingerprint density at radius 1 is 1.08 bits per heavy atom. The maximum absolute atomic E-state index is 11.0. The number of nitrogens with two attached hydrogens (primary N) is 3. The summed E-state index contributed by atoms with van der Waals surface area (Å²) in [7, 11) is -3.47. The van der Waals surface area contributed by atoms with Crippen molar-refractivity contribution in [1.82, 2.24) is 4.83 Å². The standard InChI is InChI=1S/C6H8N2O2S.H4N2/c7-8-11(9,10)6-4-2-1-3-5-6;1-2/h1-5,8H,7H2;1-2H2. The second-order valence-electron chi connectivity index (χ2n) is 1.93. The minimum Gasteiger partial charge on any atom is -0.274 e. The molecule has 0 amide bonds. The number of benzene rings is 1. The van der Waals surface area contributed by atoms with Crippen molar-refractivity contribution in [3.8, 4) is 0 Å². The molecule has 0 heterocycles. The summed E-state index contributed by atoms with van der Waals surface area (Å²) in [6.45, 7) is 0. The topological polar surface area (TPSA) is 124 Å². The van der Waals surface area contributed by atoms with Gasteiger partial charge in [0.05, 0.1) is 4.90 Å². The highest BCUT2D eigenvalue weighted by Crippen LogP contribution is 2.04. The largest absolute Gasteiger partial charge is 0.274 e. The SMILES string of the molecule is NN.NNS(=O)(=O)c1ccccc1. The fourth-order valence-electron chi connectivity index (χ4n) is 0.668. The number of sulfonamides is 1. The van der Waals surface area contributed by atoms with Gasteiger partial charge in [0.25, 0.3) is 10.0 Å². The Balaban J connectivity index is 0.000000671. The van der Waals surface area contributed by atoms with Crippen LogP contribution in [0.3, 0.4) is 0 Å². The Morgan fingerprint density at radius 3 is 1.92 bits per heavy atom. The van der Waals surface area contributed by atoms with Crippen LogP contribution in [0, 0.1) is 0 Å². The minimum absolute atomic E-state index is 0.169. The molecule has 6 nitrogen and oxygen atoms in total. The first-order valence-electron chi connectivity index (χ1n) is 3.27. The van der Waals surface area contributed by atoms with Crippen LogP contribution in [0.1, 0.15) is 0 Å². The highest BCUT2D eigenvalue weighted by Gasteiger charge is 2.08. The van der Waals surface area contributed by atoms with Crippen molar-refractivity contribution in [2.45, 2.75) is 4.90 Å². The molecule has 0 unspecified atom stereocenters. The van der Waals surface area contributed by atoms with Crippen LogP contribution < -0.4 is 22.4 Å². The highest BCUT2D eigenvalue weighted by atomic mass is 32.2. The average molecular weight is 204 g/mol. The van der Waals surface area contributed by atoms with Crippen LogP contribution in [0.2, 0.25) is 0 Å². The third-order valence-electron chi connectivity index (χ3n) is 1.21. The molecule has 0 aliphatic heterocycles. The Hall–Kier alpha value is -0.990. The normalized spacial score (nSPS) is 10.1. The van der Waals surface area contributed by atoms with E-state index in [9.17, 15) is 8.42 Å². The van der Waals surface area contributed by atoms with Crippen molar-refractivity contribution in [3.63, 3.8) is 0 Å². The number of nitrogens with one attached hydrogen (secondary N) is 1. The summed E-state index contributed by atoms with van der Waals surface area (Å²) >= 11 is 0. The molecule has 0 atom stereocenters. The van der Waals surface area contributed by atoms with Gasteiger partial charge in [-0.2, -0.15) is 4.83 Å². The Labute approximate surface area is 76.7 Å². The molecule has 1 rings (SSSR count). The monoisotopic (exact) mass is 204 g/mol. The lowest BCUT2D eigenvalue weighted by Gasteiger charge is -1.99. The maximum Gasteiger partial charge on any atom is 0.253 e. The zero-order valence-electron chi connectivity index (χ0n) is 6.84. The minimum atomic E-state index is -3.47. The van der Waals surface area contributed by atoms with Gasteiger partial charge in [-0.3, -0.25) is 17.5 Å². The summed E-state index contributed by atoms with van der Waals surface area (Å²) in [5.74, 6) is 12.8. The molecule has 0 aliphatic carbocycles. The number of hydrazine groups is 2. The molecule has 0 radical (unpaired) electrons. The summed E-state index contributed by atoms with van der Waals surface area (Å²) in [5.41, 5.74) is 0. The smallest absolute Gasteiger partial charge is 0.253 e. The zero-order chi connectivity index (χ0) is 10.3. The molecule has 7 N–H and O–H groups in total. The van der Waals surface area contributed by atoms with Gasteiger partial charge in [-0.1, -0.05) is 18.2 Å². The van der Waals surface area contributed by atoms with Crippen LogP contribution in [0.5, 0.6) is 0 Å². The van der Waals surface area contributed by atoms with E-state index < -0.39 is 10.0 Å². The van der Waals surface area contributed by atoms with Crippen molar-refractivity contribution in [3.05, 3.63) is 30.3 Å². The number of hydrogen-bond acceptors (Lipinski definition) is 5. The van der Waals surface area contributed by atoms with Gasteiger partial charge >= 0.3 is 0 Å². The summed E-state index contributed by atoms with van der Waals surface area (Å²) in [6.07, 6.45) is 0. The quantitative estimate of drug-likeness (QED) is 0.350. The summed E-state index contributed by atoms with van der Waals surface area (Å²) < 4.78 is 21.9. The van der Waals surface area contributed by atoms with Gasteiger partial charge in [-0.05, 0) is 12.1 Å². The van der Waals surface area contributed by atoms with Gasteiger partial charge in [0.2, 0.25) is 0 Å². The molecule has 13 heavy (non-hydrogen) atoms. The summed E-state index contributed by atoms with van der Waals surface area (Å²) in [6, 6.07) is 7.92. The molecule has 0 saturated heterocycles. The maximum atomic E-state index is 11.0. The van der Waals surface area contributed by atoms with Crippen molar-refractivity contribution in [2.24, 2.45) is 17.5 Å². The predicted octanol–water partition coefficient (Wildman–Crippen LogP) is -1.34. The molecule has 7 heteroatoms. The first kappa shape index (κ1) is 12.0. The Bertz CT molecular complexity index is 324. The van der Waals surface area contributed by atoms with Crippen molar-refractivity contribution in [2.75, 3.05) is 0 Å². The van der Waals surface area contributed by atoms with Gasteiger partial charge in [-0.25, -0.2) is 8.42 Å². The molecule has 0 aliphatic rings. The fourth-order valence-corrected chi connectivity index (χ4v) is 1.32. The summed E-state index contributed by atoms with van der Waals surface area (Å²) in [4.78, 5) is 1.90. The van der Waals surface area contributed by atoms with Crippen molar-refractivity contribution < 1.29 is 8.42 Å². The van der Waals surface area contributed by atoms with Crippen LogP contribution in [0.4, 0.5) is 0 Å². The van der Waals surface area contributed by atoms with Crippen LogP contribution in [0.15, 0.2) is 35.2 Å². The molecule has 0 aromatic heterocycles. The molecule has 1 aromatic carbocycles. The lowest BCUT2D eigenvalue weighted by molar-refractivity contribution is 0.584. The first-order chi connectivity index (χ1) is 6.17. The molecular formula is C6H12N4O2S. The van der Waals surface area contributed by atoms with E-state index in [1.807, 2.05) is 0 Å². The van der Waals surface area contributed by atoms with E-state index in [1.54, 1.807) is 23.0 Å². The van der Waals surface area contributed by atoms with Crippen LogP contribution in [-0.2, 0) is 10.0 Å². The van der Waals surface area contributed by atoms with Gasteiger partial charge in [-0.15, -0.1) is 0 Å². The predicted molar refractivity (Wildman–Crippen MR) is 49.3 cm³/mol. The van der Waals surface area contributed by atoms with Gasteiger partial charge in [0.15, 0.2) is 0 Å². The number of hydrogen-bond donors (Lipinski definition) is 4. The van der Waals surface area contributed by atoms with E-state index in [4.69, 9.17) is 5.84 Å². The third-order valence-corrected chi connectivity index (χ3v) is 2.41. The summed E-state index contributed by atoms with van der Waals surface area (Å²) in [5, 5.41) is 0. The third kappa shape index (κ3) is 3.49. The van der Waals surface area contributed by atoms with Crippen molar-refractivity contribution >= 4 is 10.0 Å². The molecule has 1 aromatic rings. The molecular weight excluding hydrogens is 192 g/mol. The van der Waals surface area contributed by atoms with E-state index in [1.165, 1.54) is 12.1 Å². The van der Waals surface area contributed by atoms with E-state index in [0.717, 1.165) is 0 Å². The number of rotatable bonds is 2. The highest BCUT2D eigenvalue weighted by molar-refractivity contribution is 7.89. The van der Waals surface area contributed by atoms with E-state index in [0.29, 0.717) is 0 Å². The van der Waals surface area contributed by atoms with Crippen LogP contribution >= 0.6 is 0 Å². The molecule has 0 bridgehead atoms. The molecule has 0 spiro atoms. The fraction of sp³-hybridized carbons (Fsp3) is 0. The lowest BCUT2D eigenvalue weighted by Crippen LogP contribution is -2.30. The van der Waals surface area contributed by atoms with Crippen molar-refractivity contribution in [1.29, 1.82) is 0 Å². The lowest BCUT2D eigenvalue weighted by atomic mass is 10.4. The Morgan fingerprint density at radius 2 is 1.54 bits per heavy atom. The van der Waals surface area contributed by atoms with Gasteiger partial charge in [0.1, 0.15) is 0 Å². The second-order valence-corrected chi connectivity index (χ2v) is 3.65. The van der Waals surface area contributed by atoms with E-state index in [-0.39, 0.29) is 4.90 Å². The molecule has 0 saturated carbocycles. The first-order valence-corrected chi connectivity index (χ1v) is 4.76. The van der Waals surface area contributed by atoms with E-state index >= 15 is 0 Å². The second kappa shape index (κ2) is 5.62.